The average Bonchev–Trinajstić information content (AvgIpc) is 3.27. The van der Waals surface area contributed by atoms with Crippen molar-refractivity contribution >= 4 is 11.7 Å². The summed E-state index contributed by atoms with van der Waals surface area (Å²) >= 11 is 0. The Morgan fingerprint density at radius 2 is 2.03 bits per heavy atom. The van der Waals surface area contributed by atoms with E-state index in [1.807, 2.05) is 20.8 Å². The lowest BCUT2D eigenvalue weighted by atomic mass is 9.77. The van der Waals surface area contributed by atoms with Crippen LogP contribution < -0.4 is 15.4 Å². The van der Waals surface area contributed by atoms with Gasteiger partial charge in [-0.3, -0.25) is 9.69 Å². The summed E-state index contributed by atoms with van der Waals surface area (Å²) in [6, 6.07) is 0.379. The molecule has 2 fully saturated rings. The van der Waals surface area contributed by atoms with Gasteiger partial charge in [0.25, 0.3) is 5.88 Å². The van der Waals surface area contributed by atoms with Gasteiger partial charge in [0, 0.05) is 56.8 Å². The van der Waals surface area contributed by atoms with Crippen LogP contribution in [0, 0.1) is 17.3 Å². The number of allylic oxidation sites excluding steroid dienone is 2. The molecule has 0 aromatic carbocycles. The molecule has 37 heavy (non-hydrogen) atoms. The number of nitrogens with zero attached hydrogens (tertiary/aromatic N) is 6. The first-order valence-electron chi connectivity index (χ1n) is 13.5. The minimum atomic E-state index is -1.14. The Labute approximate surface area is 219 Å². The minimum absolute atomic E-state index is 0.0183. The third-order valence-corrected chi connectivity index (χ3v) is 8.21. The molecule has 1 spiro atoms. The van der Waals surface area contributed by atoms with Crippen LogP contribution in [-0.4, -0.2) is 87.8 Å². The molecule has 3 aliphatic rings. The van der Waals surface area contributed by atoms with Crippen LogP contribution in [-0.2, 0) is 4.79 Å². The molecule has 1 aromatic heterocycles. The zero-order valence-corrected chi connectivity index (χ0v) is 23.0. The van der Waals surface area contributed by atoms with Crippen LogP contribution in [0.3, 0.4) is 0 Å². The van der Waals surface area contributed by atoms with Crippen molar-refractivity contribution in [3.63, 3.8) is 0 Å². The van der Waals surface area contributed by atoms with Gasteiger partial charge >= 0.3 is 0 Å². The van der Waals surface area contributed by atoms with Crippen molar-refractivity contribution in [1.29, 1.82) is 0 Å². The number of likely N-dealkylation sites (tertiary alicyclic amines) is 1. The highest BCUT2D eigenvalue weighted by atomic mass is 19.1. The highest BCUT2D eigenvalue weighted by molar-refractivity contribution is 5.83. The van der Waals surface area contributed by atoms with Crippen LogP contribution in [0.4, 0.5) is 10.2 Å². The number of rotatable bonds is 9. The number of carbonyl (C=O) groups is 1. The summed E-state index contributed by atoms with van der Waals surface area (Å²) in [5.74, 6) is -0.104. The Bertz CT molecular complexity index is 1040. The number of nitrogens with two attached hydrogens (primary N) is 1. The summed E-state index contributed by atoms with van der Waals surface area (Å²) in [6.45, 7) is 16.9. The quantitative estimate of drug-likeness (QED) is 0.536. The number of amides is 1. The Balaban J connectivity index is 1.53. The maximum atomic E-state index is 14.4. The monoisotopic (exact) mass is 515 g/mol. The number of ether oxygens (including phenoxy) is 1. The Kier molecular flexibility index (Phi) is 7.90. The fourth-order valence-corrected chi connectivity index (χ4v) is 6.11. The van der Waals surface area contributed by atoms with Crippen molar-refractivity contribution in [3.8, 4) is 5.88 Å². The van der Waals surface area contributed by atoms with Crippen LogP contribution in [0.25, 0.3) is 0 Å². The molecule has 3 heterocycles. The maximum Gasteiger partial charge on any atom is 0.277 e. The van der Waals surface area contributed by atoms with Gasteiger partial charge in [-0.2, -0.15) is 0 Å². The van der Waals surface area contributed by atoms with Crippen molar-refractivity contribution in [3.05, 3.63) is 30.4 Å². The normalized spacial score (nSPS) is 25.9. The Hall–Kier alpha value is -2.59. The van der Waals surface area contributed by atoms with Gasteiger partial charge in [0.05, 0.1) is 0 Å². The summed E-state index contributed by atoms with van der Waals surface area (Å²) in [5, 5.41) is 8.24. The van der Waals surface area contributed by atoms with Crippen LogP contribution in [0.15, 0.2) is 30.4 Å². The van der Waals surface area contributed by atoms with Gasteiger partial charge < -0.3 is 20.3 Å². The second-order valence-corrected chi connectivity index (χ2v) is 11.6. The molecule has 4 rings (SSSR count). The van der Waals surface area contributed by atoms with E-state index in [0.717, 1.165) is 32.6 Å². The molecule has 1 aliphatic carbocycles. The van der Waals surface area contributed by atoms with Gasteiger partial charge in [-0.1, -0.05) is 13.8 Å². The first kappa shape index (κ1) is 27.4. The molecule has 2 aliphatic heterocycles. The highest BCUT2D eigenvalue weighted by Gasteiger charge is 2.51. The first-order chi connectivity index (χ1) is 17.5. The van der Waals surface area contributed by atoms with Crippen molar-refractivity contribution in [1.82, 2.24) is 25.0 Å². The van der Waals surface area contributed by atoms with E-state index in [4.69, 9.17) is 10.5 Å². The number of carbonyl (C=O) groups excluding carboxylic acids is 1. The summed E-state index contributed by atoms with van der Waals surface area (Å²) < 4.78 is 20.8. The van der Waals surface area contributed by atoms with Crippen molar-refractivity contribution < 1.29 is 13.9 Å². The number of anilines is 1. The molecule has 10 heteroatoms. The molecule has 3 atom stereocenters. The summed E-state index contributed by atoms with van der Waals surface area (Å²) in [7, 11) is 0. The van der Waals surface area contributed by atoms with Crippen molar-refractivity contribution in [2.24, 2.45) is 23.0 Å². The van der Waals surface area contributed by atoms with E-state index >= 15 is 0 Å². The SMILES string of the molecule is CCN(C(=O)C1C=C(F)C=CC1(C)Oc1nncnc1N1CCC2(C1)CN([C@H](CN)C(C)C)C2)C(C)C. The lowest BCUT2D eigenvalue weighted by Gasteiger charge is -2.52. The zero-order chi connectivity index (χ0) is 27.0. The number of aromatic nitrogens is 3. The molecular formula is C27H42FN7O2. The fourth-order valence-electron chi connectivity index (χ4n) is 6.11. The second kappa shape index (κ2) is 10.6. The molecule has 2 unspecified atom stereocenters. The molecule has 204 valence electrons. The van der Waals surface area contributed by atoms with E-state index in [0.29, 0.717) is 30.9 Å². The predicted octanol–water partition coefficient (Wildman–Crippen LogP) is 2.80. The molecule has 0 bridgehead atoms. The molecule has 2 saturated heterocycles. The molecule has 1 amide bonds. The lowest BCUT2D eigenvalue weighted by Crippen LogP contribution is -2.63. The van der Waals surface area contributed by atoms with E-state index in [-0.39, 0.29) is 23.2 Å². The largest absolute Gasteiger partial charge is 0.462 e. The third-order valence-electron chi connectivity index (χ3n) is 8.21. The highest BCUT2D eigenvalue weighted by Crippen LogP contribution is 2.44. The Morgan fingerprint density at radius 1 is 1.30 bits per heavy atom. The Morgan fingerprint density at radius 3 is 2.65 bits per heavy atom. The van der Waals surface area contributed by atoms with E-state index in [9.17, 15) is 9.18 Å². The van der Waals surface area contributed by atoms with Crippen molar-refractivity contribution in [2.75, 3.05) is 44.2 Å². The van der Waals surface area contributed by atoms with Gasteiger partial charge in [-0.15, -0.1) is 10.2 Å². The summed E-state index contributed by atoms with van der Waals surface area (Å²) in [6.07, 6.45) is 6.75. The van der Waals surface area contributed by atoms with Crippen LogP contribution in [0.5, 0.6) is 5.88 Å². The second-order valence-electron chi connectivity index (χ2n) is 11.6. The average molecular weight is 516 g/mol. The van der Waals surface area contributed by atoms with Gasteiger partial charge in [-0.05, 0) is 58.3 Å². The zero-order valence-electron chi connectivity index (χ0n) is 23.0. The van der Waals surface area contributed by atoms with Crippen LogP contribution >= 0.6 is 0 Å². The van der Waals surface area contributed by atoms with Crippen LogP contribution in [0.2, 0.25) is 0 Å². The first-order valence-corrected chi connectivity index (χ1v) is 13.5. The molecular weight excluding hydrogens is 473 g/mol. The maximum absolute atomic E-state index is 14.4. The summed E-state index contributed by atoms with van der Waals surface area (Å²) in [4.78, 5) is 24.4. The lowest BCUT2D eigenvalue weighted by molar-refractivity contribution is -0.140. The van der Waals surface area contributed by atoms with E-state index in [1.165, 1.54) is 18.5 Å². The van der Waals surface area contributed by atoms with E-state index in [1.54, 1.807) is 17.9 Å². The minimum Gasteiger partial charge on any atom is -0.462 e. The van der Waals surface area contributed by atoms with Gasteiger partial charge in [0.1, 0.15) is 23.7 Å². The standard InChI is InChI=1S/C27H42FN7O2/c1-7-35(19(4)5)25(36)21-12-20(28)8-9-26(21,6)37-24-23(30-17-31-32-24)33-11-10-27(14-33)15-34(16-27)22(13-29)18(2)3/h8-9,12,17-19,21-22H,7,10-11,13-16,29H2,1-6H3/t21?,22-,26?/m1/s1. The van der Waals surface area contributed by atoms with E-state index in [2.05, 4.69) is 38.8 Å². The topological polar surface area (TPSA) is 101 Å². The number of hydrogen-bond donors (Lipinski definition) is 1. The molecule has 0 radical (unpaired) electrons. The van der Waals surface area contributed by atoms with Gasteiger partial charge in [0.2, 0.25) is 5.91 Å². The number of hydrogen-bond acceptors (Lipinski definition) is 8. The summed E-state index contributed by atoms with van der Waals surface area (Å²) in [5.41, 5.74) is 5.10. The molecule has 9 nitrogen and oxygen atoms in total. The van der Waals surface area contributed by atoms with Gasteiger partial charge in [-0.25, -0.2) is 9.37 Å². The van der Waals surface area contributed by atoms with Crippen LogP contribution in [0.1, 0.15) is 48.0 Å². The van der Waals surface area contributed by atoms with Gasteiger partial charge in [0.15, 0.2) is 5.82 Å². The number of halogens is 1. The van der Waals surface area contributed by atoms with E-state index < -0.39 is 17.3 Å². The molecule has 1 aromatic rings. The van der Waals surface area contributed by atoms with Crippen molar-refractivity contribution in [2.45, 2.75) is 65.6 Å². The smallest absolute Gasteiger partial charge is 0.277 e. The molecule has 0 saturated carbocycles. The predicted molar refractivity (Wildman–Crippen MR) is 142 cm³/mol. The third kappa shape index (κ3) is 5.36. The fraction of sp³-hybridized carbons (Fsp3) is 0.704. The molecule has 2 N–H and O–H groups in total.